The Balaban J connectivity index is 1.65. The molecular formula is C18H16N2O4S. The lowest BCUT2D eigenvalue weighted by Gasteiger charge is -2.16. The average Bonchev–Trinajstić information content (AvgIpc) is 3.05. The van der Waals surface area contributed by atoms with E-state index < -0.39 is 4.92 Å². The molecule has 7 heteroatoms. The van der Waals surface area contributed by atoms with Gasteiger partial charge in [-0.05, 0) is 24.3 Å². The van der Waals surface area contributed by atoms with Gasteiger partial charge in [-0.2, -0.15) is 0 Å². The van der Waals surface area contributed by atoms with Gasteiger partial charge in [0.25, 0.3) is 11.6 Å². The number of hydrogen-bond acceptors (Lipinski definition) is 5. The van der Waals surface area contributed by atoms with Gasteiger partial charge in [-0.25, -0.2) is 0 Å². The number of ether oxygens (including phenoxy) is 1. The smallest absolute Gasteiger partial charge is 0.270 e. The van der Waals surface area contributed by atoms with Gasteiger partial charge in [-0.1, -0.05) is 18.2 Å². The number of nitrogens with zero attached hydrogens (tertiary/aromatic N) is 2. The lowest BCUT2D eigenvalue weighted by atomic mass is 10.2. The van der Waals surface area contributed by atoms with E-state index in [2.05, 4.69) is 0 Å². The minimum atomic E-state index is -0.439. The number of thiophene rings is 1. The highest BCUT2D eigenvalue weighted by atomic mass is 32.1. The first kappa shape index (κ1) is 16.9. The van der Waals surface area contributed by atoms with Gasteiger partial charge in [0.2, 0.25) is 0 Å². The van der Waals surface area contributed by atoms with Crippen LogP contribution in [0, 0.1) is 10.1 Å². The molecule has 128 valence electrons. The van der Waals surface area contributed by atoms with Gasteiger partial charge in [0.15, 0.2) is 0 Å². The van der Waals surface area contributed by atoms with Crippen molar-refractivity contribution in [3.8, 4) is 5.75 Å². The largest absolute Gasteiger partial charge is 0.492 e. The maximum atomic E-state index is 12.5. The number of nitro benzene ring substituents is 1. The molecule has 1 heterocycles. The van der Waals surface area contributed by atoms with Crippen LogP contribution in [0.15, 0.2) is 54.6 Å². The van der Waals surface area contributed by atoms with Crippen molar-refractivity contribution in [3.63, 3.8) is 0 Å². The van der Waals surface area contributed by atoms with E-state index in [0.29, 0.717) is 23.4 Å². The molecule has 2 aromatic carbocycles. The molecule has 0 fully saturated rings. The summed E-state index contributed by atoms with van der Waals surface area (Å²) in [6, 6.07) is 15.7. The van der Waals surface area contributed by atoms with E-state index in [-0.39, 0.29) is 11.6 Å². The Morgan fingerprint density at radius 3 is 2.68 bits per heavy atom. The number of rotatable bonds is 6. The molecule has 0 aliphatic rings. The van der Waals surface area contributed by atoms with Gasteiger partial charge in [-0.15, -0.1) is 11.3 Å². The third-order valence-electron chi connectivity index (χ3n) is 3.71. The summed E-state index contributed by atoms with van der Waals surface area (Å²) in [5.41, 5.74) is 0.0221. The fraction of sp³-hybridized carbons (Fsp3) is 0.167. The molecule has 1 aromatic heterocycles. The van der Waals surface area contributed by atoms with E-state index in [4.69, 9.17) is 4.74 Å². The van der Waals surface area contributed by atoms with Crippen molar-refractivity contribution in [2.24, 2.45) is 0 Å². The van der Waals surface area contributed by atoms with Gasteiger partial charge in [-0.3, -0.25) is 14.9 Å². The lowest BCUT2D eigenvalue weighted by molar-refractivity contribution is -0.384. The second kappa shape index (κ2) is 7.31. The molecule has 0 saturated carbocycles. The molecule has 0 spiro atoms. The summed E-state index contributed by atoms with van der Waals surface area (Å²) in [7, 11) is 1.71. The first-order chi connectivity index (χ1) is 12.0. The Morgan fingerprint density at radius 2 is 1.96 bits per heavy atom. The fourth-order valence-electron chi connectivity index (χ4n) is 2.36. The van der Waals surface area contributed by atoms with Gasteiger partial charge in [0.1, 0.15) is 12.4 Å². The number of nitro groups is 1. The Bertz CT molecular complexity index is 908. The van der Waals surface area contributed by atoms with E-state index in [1.807, 2.05) is 30.3 Å². The highest BCUT2D eigenvalue weighted by molar-refractivity contribution is 7.20. The zero-order valence-corrected chi connectivity index (χ0v) is 14.4. The maximum absolute atomic E-state index is 12.5. The molecule has 0 aliphatic carbocycles. The molecule has 0 unspecified atom stereocenters. The van der Waals surface area contributed by atoms with Crippen LogP contribution in [0.3, 0.4) is 0 Å². The number of non-ortho nitro benzene ring substituents is 1. The number of likely N-dealkylation sites (N-methyl/N-ethyl adjacent to an activating group) is 1. The van der Waals surface area contributed by atoms with Crippen molar-refractivity contribution in [3.05, 3.63) is 69.6 Å². The monoisotopic (exact) mass is 356 g/mol. The summed E-state index contributed by atoms with van der Waals surface area (Å²) in [6.07, 6.45) is 0. The second-order valence-electron chi connectivity index (χ2n) is 5.48. The molecule has 0 radical (unpaired) electrons. The SMILES string of the molecule is CN(CCOc1ccccc1)C(=O)c1cc2cc([N+](=O)[O-])ccc2s1. The highest BCUT2D eigenvalue weighted by Crippen LogP contribution is 2.29. The summed E-state index contributed by atoms with van der Waals surface area (Å²) in [4.78, 5) is 25.1. The number of amides is 1. The van der Waals surface area contributed by atoms with Crippen molar-refractivity contribution in [1.82, 2.24) is 4.90 Å². The van der Waals surface area contributed by atoms with E-state index in [0.717, 1.165) is 10.4 Å². The van der Waals surface area contributed by atoms with Crippen LogP contribution in [0.2, 0.25) is 0 Å². The van der Waals surface area contributed by atoms with Crippen molar-refractivity contribution in [2.45, 2.75) is 0 Å². The van der Waals surface area contributed by atoms with Gasteiger partial charge >= 0.3 is 0 Å². The van der Waals surface area contributed by atoms with E-state index in [9.17, 15) is 14.9 Å². The first-order valence-electron chi connectivity index (χ1n) is 7.66. The van der Waals surface area contributed by atoms with Crippen LogP contribution in [-0.2, 0) is 0 Å². The Labute approximate surface area is 148 Å². The minimum Gasteiger partial charge on any atom is -0.492 e. The van der Waals surface area contributed by atoms with Crippen LogP contribution < -0.4 is 4.74 Å². The third-order valence-corrected chi connectivity index (χ3v) is 4.81. The maximum Gasteiger partial charge on any atom is 0.270 e. The van der Waals surface area contributed by atoms with Crippen LogP contribution in [0.25, 0.3) is 10.1 Å². The number of carbonyl (C=O) groups excluding carboxylic acids is 1. The molecule has 0 atom stereocenters. The predicted octanol–water partition coefficient (Wildman–Crippen LogP) is 3.96. The third kappa shape index (κ3) is 3.95. The zero-order chi connectivity index (χ0) is 17.8. The minimum absolute atomic E-state index is 0.0221. The standard InChI is InChI=1S/C18H16N2O4S/c1-19(9-10-24-15-5-3-2-4-6-15)18(21)17-12-13-11-14(20(22)23)7-8-16(13)25-17/h2-8,11-12H,9-10H2,1H3. The first-order valence-corrected chi connectivity index (χ1v) is 8.47. The van der Waals surface area contributed by atoms with Crippen LogP contribution in [-0.4, -0.2) is 35.9 Å². The van der Waals surface area contributed by atoms with Crippen LogP contribution in [0.5, 0.6) is 5.75 Å². The predicted molar refractivity (Wildman–Crippen MR) is 97.4 cm³/mol. The number of para-hydroxylation sites is 1. The fourth-order valence-corrected chi connectivity index (χ4v) is 3.39. The molecule has 3 aromatic rings. The van der Waals surface area contributed by atoms with Crippen molar-refractivity contribution in [2.75, 3.05) is 20.2 Å². The Hall–Kier alpha value is -2.93. The summed E-state index contributed by atoms with van der Waals surface area (Å²) in [5.74, 6) is 0.637. The molecule has 6 nitrogen and oxygen atoms in total. The van der Waals surface area contributed by atoms with Gasteiger partial charge in [0, 0.05) is 29.3 Å². The molecule has 0 bridgehead atoms. The molecule has 0 N–H and O–H groups in total. The van der Waals surface area contributed by atoms with E-state index in [1.165, 1.54) is 23.5 Å². The molecule has 0 aliphatic heterocycles. The van der Waals surface area contributed by atoms with E-state index >= 15 is 0 Å². The second-order valence-corrected chi connectivity index (χ2v) is 6.56. The van der Waals surface area contributed by atoms with Gasteiger partial charge < -0.3 is 9.64 Å². The summed E-state index contributed by atoms with van der Waals surface area (Å²) >= 11 is 1.33. The van der Waals surface area contributed by atoms with Crippen LogP contribution in [0.4, 0.5) is 5.69 Å². The Morgan fingerprint density at radius 1 is 1.20 bits per heavy atom. The highest BCUT2D eigenvalue weighted by Gasteiger charge is 2.16. The normalized spacial score (nSPS) is 10.6. The average molecular weight is 356 g/mol. The molecule has 25 heavy (non-hydrogen) atoms. The lowest BCUT2D eigenvalue weighted by Crippen LogP contribution is -2.30. The number of fused-ring (bicyclic) bond motifs is 1. The quantitative estimate of drug-likeness (QED) is 0.495. The van der Waals surface area contributed by atoms with E-state index in [1.54, 1.807) is 24.1 Å². The summed E-state index contributed by atoms with van der Waals surface area (Å²) in [5, 5.41) is 11.6. The molecule has 0 saturated heterocycles. The molecule has 1 amide bonds. The zero-order valence-electron chi connectivity index (χ0n) is 13.5. The number of hydrogen-bond donors (Lipinski definition) is 0. The van der Waals surface area contributed by atoms with Crippen molar-refractivity contribution < 1.29 is 14.5 Å². The van der Waals surface area contributed by atoms with Crippen LogP contribution >= 0.6 is 11.3 Å². The summed E-state index contributed by atoms with van der Waals surface area (Å²) in [6.45, 7) is 0.838. The van der Waals surface area contributed by atoms with Crippen molar-refractivity contribution >= 4 is 33.0 Å². The molecule has 3 rings (SSSR count). The summed E-state index contributed by atoms with van der Waals surface area (Å²) < 4.78 is 6.45. The van der Waals surface area contributed by atoms with Crippen LogP contribution in [0.1, 0.15) is 9.67 Å². The van der Waals surface area contributed by atoms with Gasteiger partial charge in [0.05, 0.1) is 16.3 Å². The number of carbonyl (C=O) groups is 1. The topological polar surface area (TPSA) is 72.7 Å². The van der Waals surface area contributed by atoms with Crippen molar-refractivity contribution in [1.29, 1.82) is 0 Å². The number of benzene rings is 2. The Kier molecular flexibility index (Phi) is 4.95. The molecular weight excluding hydrogens is 340 g/mol.